The number of hydrogen-bond donors (Lipinski definition) is 2. The van der Waals surface area contributed by atoms with Crippen LogP contribution in [0.3, 0.4) is 0 Å². The number of anilines is 2. The fourth-order valence-corrected chi connectivity index (χ4v) is 1.84. The predicted molar refractivity (Wildman–Crippen MR) is 65.2 cm³/mol. The summed E-state index contributed by atoms with van der Waals surface area (Å²) in [5, 5.41) is 9.09. The second-order valence-corrected chi connectivity index (χ2v) is 3.69. The van der Waals surface area contributed by atoms with Crippen LogP contribution in [0.2, 0.25) is 0 Å². The molecule has 16 heavy (non-hydrogen) atoms. The van der Waals surface area contributed by atoms with E-state index in [-0.39, 0.29) is 6.61 Å². The number of aromatic nitrogens is 2. The molecule has 0 aliphatic carbocycles. The summed E-state index contributed by atoms with van der Waals surface area (Å²) in [6.45, 7) is 4.94. The number of nitrogens with zero attached hydrogens (tertiary/aromatic N) is 3. The van der Waals surface area contributed by atoms with E-state index in [9.17, 15) is 0 Å². The summed E-state index contributed by atoms with van der Waals surface area (Å²) in [7, 11) is 0. The molecule has 1 aromatic heterocycles. The zero-order chi connectivity index (χ0) is 12.0. The minimum atomic E-state index is 0.112. The fourth-order valence-electron chi connectivity index (χ4n) is 1.84. The van der Waals surface area contributed by atoms with Crippen LogP contribution in [0.1, 0.15) is 26.7 Å². The third-order valence-electron chi connectivity index (χ3n) is 2.69. The lowest BCUT2D eigenvalue weighted by atomic mass is 10.1. The number of hydrogen-bond acceptors (Lipinski definition) is 5. The molecule has 0 unspecified atom stereocenters. The molecule has 0 bridgehead atoms. The SMILES string of the molecule is CCC(CC)N(CCO)c1cc(N)ncn1. The van der Waals surface area contributed by atoms with Crippen molar-refractivity contribution in [3.05, 3.63) is 12.4 Å². The molecule has 1 rings (SSSR count). The van der Waals surface area contributed by atoms with Crippen LogP contribution >= 0.6 is 0 Å². The lowest BCUT2D eigenvalue weighted by Crippen LogP contribution is -2.37. The van der Waals surface area contributed by atoms with Crippen LogP contribution in [0, 0.1) is 0 Å². The molecular formula is C11H20N4O. The van der Waals surface area contributed by atoms with E-state index in [1.54, 1.807) is 6.07 Å². The van der Waals surface area contributed by atoms with Crippen molar-refractivity contribution in [2.45, 2.75) is 32.7 Å². The molecule has 0 aliphatic heterocycles. The molecular weight excluding hydrogens is 204 g/mol. The first-order valence-electron chi connectivity index (χ1n) is 5.67. The molecule has 0 aromatic carbocycles. The molecule has 0 saturated heterocycles. The quantitative estimate of drug-likeness (QED) is 0.755. The van der Waals surface area contributed by atoms with Gasteiger partial charge in [0.15, 0.2) is 0 Å². The predicted octanol–water partition coefficient (Wildman–Crippen LogP) is 1.05. The third kappa shape index (κ3) is 3.06. The first-order chi connectivity index (χ1) is 7.72. The van der Waals surface area contributed by atoms with Crippen LogP contribution < -0.4 is 10.6 Å². The summed E-state index contributed by atoms with van der Waals surface area (Å²) in [5.74, 6) is 1.24. The molecule has 1 aromatic rings. The Balaban J connectivity index is 2.91. The normalized spacial score (nSPS) is 10.8. The molecule has 0 radical (unpaired) electrons. The summed E-state index contributed by atoms with van der Waals surface area (Å²) in [4.78, 5) is 10.2. The largest absolute Gasteiger partial charge is 0.395 e. The van der Waals surface area contributed by atoms with Gasteiger partial charge in [-0.3, -0.25) is 0 Å². The fraction of sp³-hybridized carbons (Fsp3) is 0.636. The third-order valence-corrected chi connectivity index (χ3v) is 2.69. The summed E-state index contributed by atoms with van der Waals surface area (Å²) < 4.78 is 0. The van der Waals surface area contributed by atoms with Crippen LogP contribution in [0.5, 0.6) is 0 Å². The highest BCUT2D eigenvalue weighted by molar-refractivity contribution is 5.46. The number of aliphatic hydroxyl groups excluding tert-OH is 1. The van der Waals surface area contributed by atoms with Gasteiger partial charge in [0.25, 0.3) is 0 Å². The molecule has 0 saturated carbocycles. The highest BCUT2D eigenvalue weighted by Crippen LogP contribution is 2.18. The van der Waals surface area contributed by atoms with Gasteiger partial charge in [0.1, 0.15) is 18.0 Å². The van der Waals surface area contributed by atoms with Crippen LogP contribution in [0.25, 0.3) is 0 Å². The van der Waals surface area contributed by atoms with Gasteiger partial charge in [0, 0.05) is 18.7 Å². The zero-order valence-corrected chi connectivity index (χ0v) is 9.93. The van der Waals surface area contributed by atoms with Crippen molar-refractivity contribution in [2.75, 3.05) is 23.8 Å². The number of nitrogens with two attached hydrogens (primary N) is 1. The Morgan fingerprint density at radius 1 is 1.38 bits per heavy atom. The molecule has 5 nitrogen and oxygen atoms in total. The molecule has 0 fully saturated rings. The monoisotopic (exact) mass is 224 g/mol. The highest BCUT2D eigenvalue weighted by atomic mass is 16.3. The Hall–Kier alpha value is -1.36. The van der Waals surface area contributed by atoms with E-state index in [1.807, 2.05) is 0 Å². The van der Waals surface area contributed by atoms with Gasteiger partial charge < -0.3 is 15.7 Å². The minimum absolute atomic E-state index is 0.112. The van der Waals surface area contributed by atoms with Gasteiger partial charge in [-0.25, -0.2) is 9.97 Å². The maximum absolute atomic E-state index is 9.09. The van der Waals surface area contributed by atoms with Gasteiger partial charge in [0.2, 0.25) is 0 Å². The average molecular weight is 224 g/mol. The van der Waals surface area contributed by atoms with Gasteiger partial charge in [-0.1, -0.05) is 13.8 Å². The summed E-state index contributed by atoms with van der Waals surface area (Å²) >= 11 is 0. The van der Waals surface area contributed by atoms with Gasteiger partial charge in [0.05, 0.1) is 6.61 Å². The molecule has 5 heteroatoms. The smallest absolute Gasteiger partial charge is 0.134 e. The van der Waals surface area contributed by atoms with E-state index in [0.29, 0.717) is 18.4 Å². The summed E-state index contributed by atoms with van der Waals surface area (Å²) in [5.41, 5.74) is 5.64. The van der Waals surface area contributed by atoms with Gasteiger partial charge >= 0.3 is 0 Å². The molecule has 0 atom stereocenters. The van der Waals surface area contributed by atoms with E-state index in [0.717, 1.165) is 18.7 Å². The van der Waals surface area contributed by atoms with Gasteiger partial charge in [-0.15, -0.1) is 0 Å². The lowest BCUT2D eigenvalue weighted by Gasteiger charge is -2.30. The Morgan fingerprint density at radius 2 is 2.06 bits per heavy atom. The second kappa shape index (κ2) is 6.27. The van der Waals surface area contributed by atoms with E-state index in [1.165, 1.54) is 6.33 Å². The van der Waals surface area contributed by atoms with Crippen molar-refractivity contribution in [1.82, 2.24) is 9.97 Å². The Bertz CT molecular complexity index is 315. The lowest BCUT2D eigenvalue weighted by molar-refractivity contribution is 0.295. The number of rotatable bonds is 6. The van der Waals surface area contributed by atoms with Gasteiger partial charge in [-0.2, -0.15) is 0 Å². The summed E-state index contributed by atoms with van der Waals surface area (Å²) in [6.07, 6.45) is 3.48. The van der Waals surface area contributed by atoms with Crippen molar-refractivity contribution in [3.8, 4) is 0 Å². The van der Waals surface area contributed by atoms with Crippen molar-refractivity contribution in [3.63, 3.8) is 0 Å². The maximum Gasteiger partial charge on any atom is 0.134 e. The molecule has 1 heterocycles. The molecule has 3 N–H and O–H groups in total. The number of nitrogen functional groups attached to an aromatic ring is 1. The highest BCUT2D eigenvalue weighted by Gasteiger charge is 2.16. The van der Waals surface area contributed by atoms with E-state index >= 15 is 0 Å². The van der Waals surface area contributed by atoms with E-state index in [4.69, 9.17) is 10.8 Å². The minimum Gasteiger partial charge on any atom is -0.395 e. The average Bonchev–Trinajstić information content (AvgIpc) is 2.29. The first-order valence-corrected chi connectivity index (χ1v) is 5.67. The first kappa shape index (κ1) is 12.7. The topological polar surface area (TPSA) is 75.3 Å². The van der Waals surface area contributed by atoms with Crippen LogP contribution in [-0.4, -0.2) is 34.3 Å². The van der Waals surface area contributed by atoms with Crippen LogP contribution in [0.15, 0.2) is 12.4 Å². The molecule has 90 valence electrons. The van der Waals surface area contributed by atoms with Crippen molar-refractivity contribution < 1.29 is 5.11 Å². The Labute approximate surface area is 96.3 Å². The van der Waals surface area contributed by atoms with Crippen LogP contribution in [0.4, 0.5) is 11.6 Å². The maximum atomic E-state index is 9.09. The molecule has 0 spiro atoms. The van der Waals surface area contributed by atoms with Crippen molar-refractivity contribution >= 4 is 11.6 Å². The molecule has 0 aliphatic rings. The van der Waals surface area contributed by atoms with Crippen molar-refractivity contribution in [2.24, 2.45) is 0 Å². The van der Waals surface area contributed by atoms with Gasteiger partial charge in [-0.05, 0) is 12.8 Å². The Morgan fingerprint density at radius 3 is 2.56 bits per heavy atom. The summed E-state index contributed by atoms with van der Waals surface area (Å²) in [6, 6.07) is 2.12. The number of aliphatic hydroxyl groups is 1. The zero-order valence-electron chi connectivity index (χ0n) is 9.93. The molecule has 0 amide bonds. The Kier molecular flexibility index (Phi) is 4.98. The second-order valence-electron chi connectivity index (χ2n) is 3.69. The standard InChI is InChI=1S/C11H20N4O/c1-3-9(4-2)15(5-6-16)11-7-10(12)13-8-14-11/h7-9,16H,3-6H2,1-2H3,(H2,12,13,14). The van der Waals surface area contributed by atoms with E-state index in [2.05, 4.69) is 28.7 Å². The van der Waals surface area contributed by atoms with Crippen molar-refractivity contribution in [1.29, 1.82) is 0 Å². The van der Waals surface area contributed by atoms with E-state index < -0.39 is 0 Å². The van der Waals surface area contributed by atoms with Crippen LogP contribution in [-0.2, 0) is 0 Å².